The Morgan fingerprint density at radius 1 is 1.03 bits per heavy atom. The first kappa shape index (κ1) is 26.3. The van der Waals surface area contributed by atoms with E-state index in [1.807, 2.05) is 38.1 Å². The molecule has 0 aliphatic rings. The lowest BCUT2D eigenvalue weighted by atomic mass is 10.1. The molecule has 0 spiro atoms. The molecule has 4 aromatic rings. The number of hydrogen-bond donors (Lipinski definition) is 1. The number of aryl methyl sites for hydroxylation is 2. The summed E-state index contributed by atoms with van der Waals surface area (Å²) in [4.78, 5) is 45.7. The molecular weight excluding hydrogens is 493 g/mol. The number of anilines is 2. The van der Waals surface area contributed by atoms with Gasteiger partial charge in [-0.3, -0.25) is 9.36 Å². The Bertz CT molecular complexity index is 1560. The Hall–Kier alpha value is -4.80. The smallest absolute Gasteiger partial charge is 0.354 e. The number of rotatable bonds is 9. The zero-order valence-corrected chi connectivity index (χ0v) is 21.1. The minimum absolute atomic E-state index is 0.0446. The van der Waals surface area contributed by atoms with E-state index in [4.69, 9.17) is 4.74 Å². The molecule has 0 bridgehead atoms. The van der Waals surface area contributed by atoms with Crippen LogP contribution in [-0.4, -0.2) is 32.2 Å². The van der Waals surface area contributed by atoms with Gasteiger partial charge >= 0.3 is 17.3 Å². The van der Waals surface area contributed by atoms with Gasteiger partial charge in [0.2, 0.25) is 11.8 Å². The second-order valence-electron chi connectivity index (χ2n) is 8.57. The van der Waals surface area contributed by atoms with Crippen molar-refractivity contribution in [3.05, 3.63) is 104 Å². The van der Waals surface area contributed by atoms with Crippen LogP contribution in [0, 0.1) is 19.7 Å². The molecule has 4 rings (SSSR count). The lowest BCUT2D eigenvalue weighted by Gasteiger charge is -2.16. The molecule has 0 aliphatic carbocycles. The fourth-order valence-electron chi connectivity index (χ4n) is 3.65. The number of methoxy groups -OCH3 is 1. The highest BCUT2D eigenvalue weighted by Crippen LogP contribution is 2.27. The summed E-state index contributed by atoms with van der Waals surface area (Å²) in [6.07, 6.45) is 0.918. The number of nitrogens with zero attached hydrogens (tertiary/aromatic N) is 4. The highest BCUT2D eigenvalue weighted by Gasteiger charge is 2.16. The van der Waals surface area contributed by atoms with E-state index in [1.54, 1.807) is 18.2 Å². The monoisotopic (exact) mass is 519 g/mol. The number of ether oxygens (including phenoxy) is 2. The summed E-state index contributed by atoms with van der Waals surface area (Å²) in [5.74, 6) is -0.234. The summed E-state index contributed by atoms with van der Waals surface area (Å²) in [6.45, 7) is 3.75. The van der Waals surface area contributed by atoms with Crippen LogP contribution in [0.1, 0.15) is 23.1 Å². The molecule has 0 saturated heterocycles. The third-order valence-corrected chi connectivity index (χ3v) is 5.72. The first-order valence-corrected chi connectivity index (χ1v) is 11.7. The van der Waals surface area contributed by atoms with E-state index in [9.17, 15) is 18.8 Å². The van der Waals surface area contributed by atoms with E-state index in [0.717, 1.165) is 27.5 Å². The van der Waals surface area contributed by atoms with E-state index in [0.29, 0.717) is 11.4 Å². The Morgan fingerprint density at radius 3 is 2.45 bits per heavy atom. The van der Waals surface area contributed by atoms with Crippen LogP contribution in [0.3, 0.4) is 0 Å². The molecule has 0 amide bonds. The molecule has 0 saturated carbocycles. The Labute approximate surface area is 217 Å². The number of halogens is 1. The van der Waals surface area contributed by atoms with Gasteiger partial charge in [-0.2, -0.15) is 4.98 Å². The molecule has 0 unspecified atom stereocenters. The van der Waals surface area contributed by atoms with Crippen LogP contribution in [0.2, 0.25) is 0 Å². The van der Waals surface area contributed by atoms with Crippen LogP contribution < -0.4 is 21.4 Å². The topological polar surface area (TPSA) is 117 Å². The van der Waals surface area contributed by atoms with Crippen molar-refractivity contribution in [1.82, 2.24) is 19.1 Å². The summed E-state index contributed by atoms with van der Waals surface area (Å²) >= 11 is 0. The van der Waals surface area contributed by atoms with Crippen molar-refractivity contribution in [3.8, 4) is 11.6 Å². The Morgan fingerprint density at radius 2 is 1.79 bits per heavy atom. The predicted octanol–water partition coefficient (Wildman–Crippen LogP) is 3.70. The van der Waals surface area contributed by atoms with Gasteiger partial charge in [0.05, 0.1) is 26.3 Å². The van der Waals surface area contributed by atoms with Gasteiger partial charge < -0.3 is 14.8 Å². The van der Waals surface area contributed by atoms with Gasteiger partial charge in [0.25, 0.3) is 0 Å². The van der Waals surface area contributed by atoms with Gasteiger partial charge in [0.15, 0.2) is 0 Å². The van der Waals surface area contributed by atoms with Gasteiger partial charge in [0.1, 0.15) is 11.6 Å². The van der Waals surface area contributed by atoms with E-state index in [1.165, 1.54) is 23.8 Å². The second kappa shape index (κ2) is 11.5. The molecule has 1 N–H and O–H groups in total. The van der Waals surface area contributed by atoms with Crippen LogP contribution in [0.5, 0.6) is 11.6 Å². The minimum Gasteiger partial charge on any atom is -0.469 e. The molecule has 2 aromatic heterocycles. The number of hydrogen-bond acceptors (Lipinski definition) is 8. The van der Waals surface area contributed by atoms with Gasteiger partial charge in [-0.25, -0.2) is 23.5 Å². The predicted molar refractivity (Wildman–Crippen MR) is 138 cm³/mol. The van der Waals surface area contributed by atoms with Crippen molar-refractivity contribution >= 4 is 17.6 Å². The minimum atomic E-state index is -0.791. The summed E-state index contributed by atoms with van der Waals surface area (Å²) in [5, 5.41) is 3.05. The fraction of sp³-hybridized carbons (Fsp3) is 0.222. The first-order chi connectivity index (χ1) is 18.2. The number of carbonyl (C=O) groups is 1. The zero-order valence-electron chi connectivity index (χ0n) is 21.1. The molecule has 196 valence electrons. The third kappa shape index (κ3) is 6.30. The Kier molecular flexibility index (Phi) is 7.95. The maximum Gasteiger partial charge on any atom is 0.354 e. The van der Waals surface area contributed by atoms with E-state index >= 15 is 0 Å². The summed E-state index contributed by atoms with van der Waals surface area (Å²) in [6, 6.07) is 15.4. The summed E-state index contributed by atoms with van der Waals surface area (Å²) < 4.78 is 25.7. The average molecular weight is 520 g/mol. The van der Waals surface area contributed by atoms with Crippen LogP contribution in [-0.2, 0) is 22.6 Å². The van der Waals surface area contributed by atoms with Crippen LogP contribution >= 0.6 is 0 Å². The second-order valence-corrected chi connectivity index (χ2v) is 8.57. The lowest BCUT2D eigenvalue weighted by Crippen LogP contribution is -2.43. The number of carbonyl (C=O) groups excluding carboxylic acids is 1. The fourth-order valence-corrected chi connectivity index (χ4v) is 3.65. The highest BCUT2D eigenvalue weighted by molar-refractivity contribution is 5.69. The molecule has 0 fully saturated rings. The molecule has 38 heavy (non-hydrogen) atoms. The van der Waals surface area contributed by atoms with Crippen molar-refractivity contribution in [2.45, 2.75) is 33.4 Å². The van der Waals surface area contributed by atoms with Gasteiger partial charge in [0, 0.05) is 18.3 Å². The number of benzene rings is 2. The lowest BCUT2D eigenvalue weighted by molar-refractivity contribution is -0.140. The van der Waals surface area contributed by atoms with Crippen molar-refractivity contribution in [3.63, 3.8) is 0 Å². The van der Waals surface area contributed by atoms with Crippen LogP contribution in [0.4, 0.5) is 16.0 Å². The highest BCUT2D eigenvalue weighted by atomic mass is 19.1. The van der Waals surface area contributed by atoms with Crippen LogP contribution in [0.25, 0.3) is 0 Å². The normalized spacial score (nSPS) is 10.7. The number of aromatic nitrogens is 4. The molecule has 0 atom stereocenters. The van der Waals surface area contributed by atoms with Gasteiger partial charge in [-0.1, -0.05) is 29.8 Å². The van der Waals surface area contributed by atoms with Gasteiger partial charge in [-0.05, 0) is 49.2 Å². The quantitative estimate of drug-likeness (QED) is 0.333. The largest absolute Gasteiger partial charge is 0.469 e. The van der Waals surface area contributed by atoms with Crippen molar-refractivity contribution < 1.29 is 18.7 Å². The maximum absolute atomic E-state index is 13.4. The molecule has 11 heteroatoms. The summed E-state index contributed by atoms with van der Waals surface area (Å²) in [5.41, 5.74) is 1.76. The number of esters is 1. The third-order valence-electron chi connectivity index (χ3n) is 5.72. The molecule has 0 aliphatic heterocycles. The van der Waals surface area contributed by atoms with Gasteiger partial charge in [-0.15, -0.1) is 0 Å². The summed E-state index contributed by atoms with van der Waals surface area (Å²) in [7, 11) is 1.24. The Balaban J connectivity index is 1.66. The van der Waals surface area contributed by atoms with E-state index < -0.39 is 23.2 Å². The van der Waals surface area contributed by atoms with Crippen molar-refractivity contribution in [1.29, 1.82) is 0 Å². The zero-order chi connectivity index (χ0) is 27.2. The number of nitrogens with one attached hydrogen (secondary N) is 1. The number of pyridine rings is 1. The van der Waals surface area contributed by atoms with Crippen molar-refractivity contribution in [2.24, 2.45) is 0 Å². The molecule has 0 radical (unpaired) electrons. The van der Waals surface area contributed by atoms with E-state index in [-0.39, 0.29) is 31.3 Å². The SMILES string of the molecule is COC(=O)CCn1c(=O)nc(Nc2ccc(Oc3ccc(F)cn3)c(C)c2)n(Cc2ccc(C)cc2)c1=O. The standard InChI is InChI=1S/C27H26FN5O5/c1-17-4-6-19(7-5-17)16-33-25(31-26(35)32(27(33)36)13-12-24(34)37-3)30-21-9-10-22(18(2)14-21)38-23-11-8-20(28)15-29-23/h4-11,14-15H,12-13,16H2,1-3H3,(H,30,31,35). The average Bonchev–Trinajstić information content (AvgIpc) is 2.90. The van der Waals surface area contributed by atoms with Crippen molar-refractivity contribution in [2.75, 3.05) is 12.4 Å². The van der Waals surface area contributed by atoms with E-state index in [2.05, 4.69) is 20.0 Å². The first-order valence-electron chi connectivity index (χ1n) is 11.7. The molecule has 2 heterocycles. The molecule has 2 aromatic carbocycles. The van der Waals surface area contributed by atoms with Crippen LogP contribution in [0.15, 0.2) is 70.4 Å². The molecule has 10 nitrogen and oxygen atoms in total. The molecular formula is C27H26FN5O5. The maximum atomic E-state index is 13.4.